The Kier molecular flexibility index (Phi) is 3.82. The lowest BCUT2D eigenvalue weighted by Gasteiger charge is -2.22. The van der Waals surface area contributed by atoms with Crippen LogP contribution in [-0.4, -0.2) is 21.8 Å². The van der Waals surface area contributed by atoms with Gasteiger partial charge in [-0.25, -0.2) is 9.97 Å². The van der Waals surface area contributed by atoms with Crippen LogP contribution in [-0.2, 0) is 19.3 Å². The van der Waals surface area contributed by atoms with Gasteiger partial charge in [-0.3, -0.25) is 4.79 Å². The lowest BCUT2D eigenvalue weighted by molar-refractivity contribution is 0.0963. The number of carbonyl (C=O) groups excluding carboxylic acids is 1. The zero-order valence-corrected chi connectivity index (χ0v) is 15.1. The summed E-state index contributed by atoms with van der Waals surface area (Å²) in [6.07, 6.45) is 5.06. The molecule has 0 radical (unpaired) electrons. The van der Waals surface area contributed by atoms with Crippen LogP contribution in [0.5, 0.6) is 0 Å². The number of thiophene rings is 1. The molecule has 1 atom stereocenters. The van der Waals surface area contributed by atoms with Crippen LogP contribution in [0.25, 0.3) is 0 Å². The number of rotatable bonds is 3. The molecule has 0 aliphatic heterocycles. The molecule has 0 bridgehead atoms. The van der Waals surface area contributed by atoms with E-state index in [1.54, 1.807) is 17.5 Å². The van der Waals surface area contributed by atoms with Crippen molar-refractivity contribution >= 4 is 23.1 Å². The first kappa shape index (κ1) is 15.7. The second kappa shape index (κ2) is 6.32. The highest BCUT2D eigenvalue weighted by atomic mass is 32.1. The molecule has 5 heteroatoms. The van der Waals surface area contributed by atoms with Crippen LogP contribution < -0.4 is 5.32 Å². The smallest absolute Gasteiger partial charge is 0.223 e. The van der Waals surface area contributed by atoms with E-state index in [4.69, 9.17) is 4.98 Å². The van der Waals surface area contributed by atoms with Crippen molar-refractivity contribution in [1.82, 2.24) is 9.97 Å². The number of anilines is 1. The van der Waals surface area contributed by atoms with Crippen molar-refractivity contribution in [3.8, 4) is 0 Å². The normalized spacial score (nSPS) is 19.2. The highest BCUT2D eigenvalue weighted by molar-refractivity contribution is 7.10. The van der Waals surface area contributed by atoms with Crippen molar-refractivity contribution in [3.05, 3.63) is 75.2 Å². The Labute approximate surface area is 156 Å². The standard InChI is InChI=1S/C21H19N3OS/c25-19-11-15(20-6-3-7-26-20)10-18-17(19)12-22-21(24-18)23-16-8-13-4-1-2-5-14(13)9-16/h1-7,12,15-16H,8-11H2,(H,22,23,24)/t15-/m1/s1. The SMILES string of the molecule is O=C1C[C@H](c2cccs2)Cc2nc(NC3Cc4ccccc4C3)ncc21. The van der Waals surface area contributed by atoms with E-state index in [0.717, 1.165) is 25.0 Å². The van der Waals surface area contributed by atoms with Gasteiger partial charge in [0.2, 0.25) is 5.95 Å². The Balaban J connectivity index is 1.36. The van der Waals surface area contributed by atoms with Gasteiger partial charge in [0.15, 0.2) is 5.78 Å². The van der Waals surface area contributed by atoms with E-state index in [2.05, 4.69) is 46.0 Å². The van der Waals surface area contributed by atoms with Crippen molar-refractivity contribution in [1.29, 1.82) is 0 Å². The highest BCUT2D eigenvalue weighted by Crippen LogP contribution is 2.34. The van der Waals surface area contributed by atoms with E-state index in [1.165, 1.54) is 16.0 Å². The number of fused-ring (bicyclic) bond motifs is 2. The maximum Gasteiger partial charge on any atom is 0.223 e. The van der Waals surface area contributed by atoms with E-state index in [1.807, 2.05) is 6.07 Å². The maximum absolute atomic E-state index is 12.5. The van der Waals surface area contributed by atoms with Gasteiger partial charge in [0, 0.05) is 29.5 Å². The minimum atomic E-state index is 0.157. The number of carbonyl (C=O) groups is 1. The zero-order valence-electron chi connectivity index (χ0n) is 14.3. The number of hydrogen-bond acceptors (Lipinski definition) is 5. The molecule has 0 unspecified atom stereocenters. The average Bonchev–Trinajstić information content (AvgIpc) is 3.30. The fourth-order valence-electron chi connectivity index (χ4n) is 4.08. The molecule has 2 aromatic heterocycles. The Morgan fingerprint density at radius 3 is 2.54 bits per heavy atom. The summed E-state index contributed by atoms with van der Waals surface area (Å²) < 4.78 is 0. The quantitative estimate of drug-likeness (QED) is 0.765. The number of nitrogens with one attached hydrogen (secondary N) is 1. The number of nitrogens with zero attached hydrogens (tertiary/aromatic N) is 2. The van der Waals surface area contributed by atoms with Gasteiger partial charge in [0.25, 0.3) is 0 Å². The molecular formula is C21H19N3OS. The number of hydrogen-bond donors (Lipinski definition) is 1. The monoisotopic (exact) mass is 361 g/mol. The molecule has 0 saturated heterocycles. The maximum atomic E-state index is 12.5. The summed E-state index contributed by atoms with van der Waals surface area (Å²) in [6.45, 7) is 0. The summed E-state index contributed by atoms with van der Waals surface area (Å²) in [7, 11) is 0. The molecule has 1 aromatic carbocycles. The zero-order chi connectivity index (χ0) is 17.5. The molecular weight excluding hydrogens is 342 g/mol. The highest BCUT2D eigenvalue weighted by Gasteiger charge is 2.29. The van der Waals surface area contributed by atoms with E-state index >= 15 is 0 Å². The summed E-state index contributed by atoms with van der Waals surface area (Å²) >= 11 is 1.72. The summed E-state index contributed by atoms with van der Waals surface area (Å²) in [5, 5.41) is 5.54. The third-order valence-corrected chi connectivity index (χ3v) is 6.40. The number of aromatic nitrogens is 2. The van der Waals surface area contributed by atoms with Crippen molar-refractivity contribution in [3.63, 3.8) is 0 Å². The minimum Gasteiger partial charge on any atom is -0.351 e. The predicted octanol–water partition coefficient (Wildman–Crippen LogP) is 4.03. The first-order chi connectivity index (χ1) is 12.8. The first-order valence-corrected chi connectivity index (χ1v) is 9.90. The van der Waals surface area contributed by atoms with Crippen LogP contribution in [0, 0.1) is 0 Å². The Bertz CT molecular complexity index is 942. The largest absolute Gasteiger partial charge is 0.351 e. The fraction of sp³-hybridized carbons (Fsp3) is 0.286. The Morgan fingerprint density at radius 1 is 1.00 bits per heavy atom. The van der Waals surface area contributed by atoms with Crippen LogP contribution in [0.15, 0.2) is 48.0 Å². The van der Waals surface area contributed by atoms with Gasteiger partial charge in [-0.1, -0.05) is 30.3 Å². The van der Waals surface area contributed by atoms with Gasteiger partial charge in [0.05, 0.1) is 11.3 Å². The molecule has 0 fully saturated rings. The number of ketones is 1. The number of benzene rings is 1. The van der Waals surface area contributed by atoms with Gasteiger partial charge >= 0.3 is 0 Å². The van der Waals surface area contributed by atoms with Gasteiger partial charge in [-0.15, -0.1) is 11.3 Å². The molecule has 2 heterocycles. The lowest BCUT2D eigenvalue weighted by atomic mass is 9.86. The van der Waals surface area contributed by atoms with Crippen molar-refractivity contribution < 1.29 is 4.79 Å². The summed E-state index contributed by atoms with van der Waals surface area (Å²) in [5.41, 5.74) is 4.37. The third kappa shape index (κ3) is 2.82. The van der Waals surface area contributed by atoms with E-state index < -0.39 is 0 Å². The minimum absolute atomic E-state index is 0.157. The molecule has 5 rings (SSSR count). The Hall–Kier alpha value is -2.53. The summed E-state index contributed by atoms with van der Waals surface area (Å²) in [4.78, 5) is 22.9. The van der Waals surface area contributed by atoms with E-state index in [-0.39, 0.29) is 11.7 Å². The van der Waals surface area contributed by atoms with E-state index in [0.29, 0.717) is 24.0 Å². The van der Waals surface area contributed by atoms with Crippen molar-refractivity contribution in [2.45, 2.75) is 37.6 Å². The molecule has 3 aromatic rings. The summed E-state index contributed by atoms with van der Waals surface area (Å²) in [5.74, 6) is 1.04. The van der Waals surface area contributed by atoms with Crippen LogP contribution >= 0.6 is 11.3 Å². The van der Waals surface area contributed by atoms with Crippen LogP contribution in [0.1, 0.15) is 44.4 Å². The molecule has 2 aliphatic carbocycles. The second-order valence-corrected chi connectivity index (χ2v) is 8.10. The second-order valence-electron chi connectivity index (χ2n) is 7.12. The molecule has 0 saturated carbocycles. The van der Waals surface area contributed by atoms with E-state index in [9.17, 15) is 4.79 Å². The van der Waals surface area contributed by atoms with Gasteiger partial charge in [-0.05, 0) is 41.8 Å². The van der Waals surface area contributed by atoms with Gasteiger partial charge < -0.3 is 5.32 Å². The molecule has 0 spiro atoms. The Morgan fingerprint density at radius 2 is 1.81 bits per heavy atom. The molecule has 1 N–H and O–H groups in total. The number of Topliss-reactive ketones (excluding diaryl/α,β-unsaturated/α-hetero) is 1. The molecule has 0 amide bonds. The third-order valence-electron chi connectivity index (χ3n) is 5.37. The predicted molar refractivity (Wildman–Crippen MR) is 103 cm³/mol. The molecule has 2 aliphatic rings. The van der Waals surface area contributed by atoms with Crippen molar-refractivity contribution in [2.24, 2.45) is 0 Å². The van der Waals surface area contributed by atoms with Crippen LogP contribution in [0.4, 0.5) is 5.95 Å². The molecule has 4 nitrogen and oxygen atoms in total. The molecule has 130 valence electrons. The van der Waals surface area contributed by atoms with Gasteiger partial charge in [0.1, 0.15) is 0 Å². The van der Waals surface area contributed by atoms with Crippen molar-refractivity contribution in [2.75, 3.05) is 5.32 Å². The van der Waals surface area contributed by atoms with Gasteiger partial charge in [-0.2, -0.15) is 0 Å². The summed E-state index contributed by atoms with van der Waals surface area (Å²) in [6, 6.07) is 13.0. The fourth-order valence-corrected chi connectivity index (χ4v) is 4.91. The first-order valence-electron chi connectivity index (χ1n) is 9.02. The topological polar surface area (TPSA) is 54.9 Å². The van der Waals surface area contributed by atoms with Crippen LogP contribution in [0.3, 0.4) is 0 Å². The average molecular weight is 361 g/mol. The van der Waals surface area contributed by atoms with Crippen LogP contribution in [0.2, 0.25) is 0 Å². The lowest BCUT2D eigenvalue weighted by Crippen LogP contribution is -2.24. The molecule has 26 heavy (non-hydrogen) atoms.